The number of hydrogen-bond acceptors (Lipinski definition) is 2. The Bertz CT molecular complexity index is 632. The fourth-order valence-electron chi connectivity index (χ4n) is 2.10. The van der Waals surface area contributed by atoms with Crippen LogP contribution < -0.4 is 5.32 Å². The highest BCUT2D eigenvalue weighted by Gasteiger charge is 2.11. The molecule has 2 N–H and O–H groups in total. The normalized spacial score (nSPS) is 12.0. The van der Waals surface area contributed by atoms with Crippen molar-refractivity contribution in [3.05, 3.63) is 71.3 Å². The molecule has 2 aromatic rings. The Morgan fingerprint density at radius 1 is 1.14 bits per heavy atom. The van der Waals surface area contributed by atoms with Gasteiger partial charge in [-0.1, -0.05) is 30.3 Å². The van der Waals surface area contributed by atoms with E-state index < -0.39 is 23.6 Å². The lowest BCUT2D eigenvalue weighted by molar-refractivity contribution is -0.120. The molecule has 1 unspecified atom stereocenters. The van der Waals surface area contributed by atoms with Gasteiger partial charge in [0.1, 0.15) is 11.6 Å². The highest BCUT2D eigenvalue weighted by atomic mass is 19.1. The molecule has 1 atom stereocenters. The van der Waals surface area contributed by atoms with Gasteiger partial charge in [0.25, 0.3) is 0 Å². The highest BCUT2D eigenvalue weighted by Crippen LogP contribution is 2.15. The van der Waals surface area contributed by atoms with Crippen LogP contribution in [0, 0.1) is 11.6 Å². The van der Waals surface area contributed by atoms with Crippen molar-refractivity contribution in [2.24, 2.45) is 0 Å². The molecule has 0 saturated heterocycles. The van der Waals surface area contributed by atoms with E-state index in [1.165, 1.54) is 0 Å². The number of amides is 1. The highest BCUT2D eigenvalue weighted by molar-refractivity contribution is 5.78. The molecule has 1 amide bonds. The van der Waals surface area contributed by atoms with Gasteiger partial charge < -0.3 is 10.4 Å². The summed E-state index contributed by atoms with van der Waals surface area (Å²) < 4.78 is 26.4. The number of benzene rings is 2. The number of rotatable bonds is 6. The maximum Gasteiger partial charge on any atom is 0.224 e. The summed E-state index contributed by atoms with van der Waals surface area (Å²) >= 11 is 0. The van der Waals surface area contributed by atoms with Crippen molar-refractivity contribution in [1.82, 2.24) is 5.32 Å². The van der Waals surface area contributed by atoms with Gasteiger partial charge in [-0.2, -0.15) is 0 Å². The van der Waals surface area contributed by atoms with Gasteiger partial charge in [0.05, 0.1) is 12.5 Å². The largest absolute Gasteiger partial charge is 0.388 e. The molecule has 0 aliphatic heterocycles. The molecule has 0 heterocycles. The summed E-state index contributed by atoms with van der Waals surface area (Å²) in [5.74, 6) is -1.60. The molecule has 0 aliphatic rings. The molecule has 2 rings (SSSR count). The third kappa shape index (κ3) is 4.63. The number of hydrogen-bond donors (Lipinski definition) is 2. The number of nitrogens with one attached hydrogen (secondary N) is 1. The fourth-order valence-corrected chi connectivity index (χ4v) is 2.10. The van der Waals surface area contributed by atoms with Gasteiger partial charge in [-0.3, -0.25) is 4.79 Å². The van der Waals surface area contributed by atoms with E-state index in [-0.39, 0.29) is 18.5 Å². The van der Waals surface area contributed by atoms with E-state index in [0.717, 1.165) is 23.8 Å². The molecule has 3 nitrogen and oxygen atoms in total. The summed E-state index contributed by atoms with van der Waals surface area (Å²) in [6.07, 6.45) is -0.556. The molecule has 0 radical (unpaired) electrons. The molecule has 0 aliphatic carbocycles. The van der Waals surface area contributed by atoms with Crippen LogP contribution in [0.1, 0.15) is 23.7 Å². The van der Waals surface area contributed by atoms with E-state index in [4.69, 9.17) is 0 Å². The Balaban J connectivity index is 1.80. The Morgan fingerprint density at radius 3 is 2.59 bits per heavy atom. The van der Waals surface area contributed by atoms with Gasteiger partial charge in [0.15, 0.2) is 0 Å². The van der Waals surface area contributed by atoms with Crippen LogP contribution in [0.3, 0.4) is 0 Å². The predicted molar refractivity (Wildman–Crippen MR) is 79.1 cm³/mol. The zero-order valence-electron chi connectivity index (χ0n) is 11.9. The SMILES string of the molecule is O=C(Cc1cc(F)ccc1F)NCCC(O)c1ccccc1. The second-order valence-electron chi connectivity index (χ2n) is 4.98. The molecule has 5 heteroatoms. The summed E-state index contributed by atoms with van der Waals surface area (Å²) in [5, 5.41) is 12.5. The van der Waals surface area contributed by atoms with Gasteiger partial charge in [-0.25, -0.2) is 8.78 Å². The Hall–Kier alpha value is -2.27. The maximum atomic E-state index is 13.4. The van der Waals surface area contributed by atoms with Crippen LogP contribution in [0.2, 0.25) is 0 Å². The lowest BCUT2D eigenvalue weighted by Gasteiger charge is -2.11. The topological polar surface area (TPSA) is 49.3 Å². The number of carbonyl (C=O) groups is 1. The van der Waals surface area contributed by atoms with E-state index in [2.05, 4.69) is 5.32 Å². The van der Waals surface area contributed by atoms with Crippen molar-refractivity contribution in [1.29, 1.82) is 0 Å². The number of aliphatic hydroxyl groups is 1. The van der Waals surface area contributed by atoms with Crippen LogP contribution in [0.4, 0.5) is 8.78 Å². The van der Waals surface area contributed by atoms with Crippen LogP contribution in [-0.4, -0.2) is 17.6 Å². The molecule has 0 fully saturated rings. The smallest absolute Gasteiger partial charge is 0.224 e. The van der Waals surface area contributed by atoms with E-state index >= 15 is 0 Å². The number of carbonyl (C=O) groups excluding carboxylic acids is 1. The minimum Gasteiger partial charge on any atom is -0.388 e. The minimum absolute atomic E-state index is 0.0149. The van der Waals surface area contributed by atoms with Crippen molar-refractivity contribution in [3.8, 4) is 0 Å². The Kier molecular flexibility index (Phi) is 5.61. The number of aliphatic hydroxyl groups excluding tert-OH is 1. The fraction of sp³-hybridized carbons (Fsp3) is 0.235. The predicted octanol–water partition coefficient (Wildman–Crippen LogP) is 2.75. The number of halogens is 2. The van der Waals surface area contributed by atoms with Crippen molar-refractivity contribution in [2.45, 2.75) is 18.9 Å². The van der Waals surface area contributed by atoms with Gasteiger partial charge in [0.2, 0.25) is 5.91 Å². The van der Waals surface area contributed by atoms with Gasteiger partial charge in [-0.05, 0) is 30.2 Å². The third-order valence-corrected chi connectivity index (χ3v) is 3.28. The second-order valence-corrected chi connectivity index (χ2v) is 4.98. The molecule has 0 spiro atoms. The standard InChI is InChI=1S/C17H17F2NO2/c18-14-6-7-15(19)13(10-14)11-17(22)20-9-8-16(21)12-4-2-1-3-5-12/h1-7,10,16,21H,8-9,11H2,(H,20,22). The van der Waals surface area contributed by atoms with Gasteiger partial charge >= 0.3 is 0 Å². The van der Waals surface area contributed by atoms with Crippen LogP contribution >= 0.6 is 0 Å². The summed E-state index contributed by atoms with van der Waals surface area (Å²) in [7, 11) is 0. The third-order valence-electron chi connectivity index (χ3n) is 3.28. The van der Waals surface area contributed by atoms with Crippen LogP contribution in [0.25, 0.3) is 0 Å². The second kappa shape index (κ2) is 7.66. The Morgan fingerprint density at radius 2 is 1.86 bits per heavy atom. The molecular weight excluding hydrogens is 288 g/mol. The molecular formula is C17H17F2NO2. The van der Waals surface area contributed by atoms with E-state index in [0.29, 0.717) is 6.42 Å². The minimum atomic E-state index is -0.674. The molecule has 22 heavy (non-hydrogen) atoms. The summed E-state index contributed by atoms with van der Waals surface area (Å²) in [4.78, 5) is 11.7. The van der Waals surface area contributed by atoms with Crippen molar-refractivity contribution in [3.63, 3.8) is 0 Å². The molecule has 2 aromatic carbocycles. The lowest BCUT2D eigenvalue weighted by Crippen LogP contribution is -2.27. The van der Waals surface area contributed by atoms with E-state index in [1.54, 1.807) is 12.1 Å². The van der Waals surface area contributed by atoms with E-state index in [9.17, 15) is 18.7 Å². The quantitative estimate of drug-likeness (QED) is 0.862. The summed E-state index contributed by atoms with van der Waals surface area (Å²) in [6, 6.07) is 12.1. The summed E-state index contributed by atoms with van der Waals surface area (Å²) in [6.45, 7) is 0.256. The average molecular weight is 305 g/mol. The average Bonchev–Trinajstić information content (AvgIpc) is 2.51. The van der Waals surface area contributed by atoms with Crippen molar-refractivity contribution < 1.29 is 18.7 Å². The first-order valence-corrected chi connectivity index (χ1v) is 7.00. The zero-order chi connectivity index (χ0) is 15.9. The van der Waals surface area contributed by atoms with Gasteiger partial charge in [-0.15, -0.1) is 0 Å². The molecule has 0 bridgehead atoms. The van der Waals surface area contributed by atoms with E-state index in [1.807, 2.05) is 18.2 Å². The first kappa shape index (κ1) is 16.1. The van der Waals surface area contributed by atoms with Crippen LogP contribution in [0.15, 0.2) is 48.5 Å². The zero-order valence-corrected chi connectivity index (χ0v) is 11.9. The summed E-state index contributed by atoms with van der Waals surface area (Å²) in [5.41, 5.74) is 0.786. The van der Waals surface area contributed by atoms with Crippen LogP contribution in [0.5, 0.6) is 0 Å². The van der Waals surface area contributed by atoms with Crippen molar-refractivity contribution >= 4 is 5.91 Å². The first-order valence-electron chi connectivity index (χ1n) is 7.00. The van der Waals surface area contributed by atoms with Crippen LogP contribution in [-0.2, 0) is 11.2 Å². The molecule has 116 valence electrons. The van der Waals surface area contributed by atoms with Crippen molar-refractivity contribution in [2.75, 3.05) is 6.54 Å². The molecule has 0 aromatic heterocycles. The lowest BCUT2D eigenvalue weighted by atomic mass is 10.1. The molecule has 0 saturated carbocycles. The monoisotopic (exact) mass is 305 g/mol. The maximum absolute atomic E-state index is 13.4. The van der Waals surface area contributed by atoms with Gasteiger partial charge in [0, 0.05) is 12.1 Å². The first-order chi connectivity index (χ1) is 10.6. The Labute approximate surface area is 127 Å².